The second kappa shape index (κ2) is 6.85. The molecule has 0 aliphatic carbocycles. The minimum atomic E-state index is -0.132. The minimum Gasteiger partial charge on any atom is -0.486 e. The summed E-state index contributed by atoms with van der Waals surface area (Å²) in [7, 11) is 0. The summed E-state index contributed by atoms with van der Waals surface area (Å²) >= 11 is 0. The number of H-pyrrole nitrogens is 1. The summed E-state index contributed by atoms with van der Waals surface area (Å²) in [6.45, 7) is 5.67. The van der Waals surface area contributed by atoms with Crippen LogP contribution < -0.4 is 15.0 Å². The van der Waals surface area contributed by atoms with Crippen LogP contribution in [0.25, 0.3) is 0 Å². The predicted molar refractivity (Wildman–Crippen MR) is 91.0 cm³/mol. The Labute approximate surface area is 145 Å². The number of ether oxygens (including phenoxy) is 3. The van der Waals surface area contributed by atoms with Crippen molar-refractivity contribution >= 4 is 0 Å². The predicted octanol–water partition coefficient (Wildman–Crippen LogP) is 1.42. The molecule has 7 nitrogen and oxygen atoms in total. The smallest absolute Gasteiger partial charge is 0.251 e. The number of hydrogen-bond acceptors (Lipinski definition) is 6. The van der Waals surface area contributed by atoms with E-state index in [9.17, 15) is 4.79 Å². The van der Waals surface area contributed by atoms with Gasteiger partial charge in [0.2, 0.25) is 0 Å². The van der Waals surface area contributed by atoms with E-state index in [1.165, 1.54) is 0 Å². The number of benzene rings is 1. The quantitative estimate of drug-likeness (QED) is 0.908. The topological polar surface area (TPSA) is 76.7 Å². The maximum Gasteiger partial charge on any atom is 0.251 e. The van der Waals surface area contributed by atoms with Gasteiger partial charge in [0.1, 0.15) is 19.0 Å². The Hall–Kier alpha value is -2.38. The highest BCUT2D eigenvalue weighted by molar-refractivity contribution is 5.43. The average Bonchev–Trinajstić information content (AvgIpc) is 2.61. The highest BCUT2D eigenvalue weighted by Gasteiger charge is 2.27. The van der Waals surface area contributed by atoms with Crippen molar-refractivity contribution in [3.05, 3.63) is 51.7 Å². The molecule has 2 aliphatic rings. The summed E-state index contributed by atoms with van der Waals surface area (Å²) < 4.78 is 16.9. The Morgan fingerprint density at radius 3 is 2.88 bits per heavy atom. The second-order valence-electron chi connectivity index (χ2n) is 6.29. The van der Waals surface area contributed by atoms with E-state index in [0.29, 0.717) is 32.3 Å². The number of aryl methyl sites for hydroxylation is 1. The third-order valence-electron chi connectivity index (χ3n) is 4.45. The van der Waals surface area contributed by atoms with Gasteiger partial charge < -0.3 is 19.2 Å². The van der Waals surface area contributed by atoms with Crippen LogP contribution in [0.15, 0.2) is 29.1 Å². The van der Waals surface area contributed by atoms with E-state index in [0.717, 1.165) is 35.8 Å². The molecular formula is C18H21N3O4. The largest absolute Gasteiger partial charge is 0.486 e. The zero-order valence-electron chi connectivity index (χ0n) is 14.2. The number of nitrogens with one attached hydrogen (secondary N) is 1. The van der Waals surface area contributed by atoms with Crippen LogP contribution in [0.5, 0.6) is 11.5 Å². The first-order chi connectivity index (χ1) is 12.2. The third-order valence-corrected chi connectivity index (χ3v) is 4.45. The Balaban J connectivity index is 1.58. The van der Waals surface area contributed by atoms with E-state index in [1.54, 1.807) is 13.0 Å². The number of rotatable bonds is 3. The summed E-state index contributed by atoms with van der Waals surface area (Å²) in [5.41, 5.74) is 1.75. The molecule has 1 atom stereocenters. The maximum atomic E-state index is 11.8. The van der Waals surface area contributed by atoms with Gasteiger partial charge in [-0.2, -0.15) is 0 Å². The van der Waals surface area contributed by atoms with Crippen molar-refractivity contribution in [2.24, 2.45) is 0 Å². The number of nitrogens with zero attached hydrogens (tertiary/aromatic N) is 2. The normalized spacial score (nSPS) is 20.4. The SMILES string of the molecule is Cc1nc([C@@H]2COCCN2Cc2ccc3c(c2)OCCO3)cc(=O)[nH]1. The van der Waals surface area contributed by atoms with Crippen LogP contribution in [0, 0.1) is 6.92 Å². The summed E-state index contributed by atoms with van der Waals surface area (Å²) in [6.07, 6.45) is 0. The molecule has 0 saturated carbocycles. The molecule has 3 heterocycles. The Bertz CT molecular complexity index is 820. The lowest BCUT2D eigenvalue weighted by Gasteiger charge is -2.35. The van der Waals surface area contributed by atoms with E-state index in [1.807, 2.05) is 12.1 Å². The van der Waals surface area contributed by atoms with Gasteiger partial charge in [-0.25, -0.2) is 4.98 Å². The van der Waals surface area contributed by atoms with Crippen molar-refractivity contribution in [1.29, 1.82) is 0 Å². The lowest BCUT2D eigenvalue weighted by Crippen LogP contribution is -2.40. The fraction of sp³-hybridized carbons (Fsp3) is 0.444. The molecule has 1 aromatic carbocycles. The van der Waals surface area contributed by atoms with Gasteiger partial charge in [-0.1, -0.05) is 6.07 Å². The monoisotopic (exact) mass is 343 g/mol. The molecular weight excluding hydrogens is 322 g/mol. The molecule has 1 saturated heterocycles. The van der Waals surface area contributed by atoms with Crippen LogP contribution in [-0.4, -0.2) is 47.8 Å². The van der Waals surface area contributed by atoms with Crippen LogP contribution in [-0.2, 0) is 11.3 Å². The lowest BCUT2D eigenvalue weighted by atomic mass is 10.1. The fourth-order valence-corrected chi connectivity index (χ4v) is 3.29. The van der Waals surface area contributed by atoms with E-state index >= 15 is 0 Å². The number of morpholine rings is 1. The van der Waals surface area contributed by atoms with E-state index in [4.69, 9.17) is 14.2 Å². The molecule has 2 aromatic rings. The van der Waals surface area contributed by atoms with Crippen molar-refractivity contribution < 1.29 is 14.2 Å². The van der Waals surface area contributed by atoms with Crippen LogP contribution in [0.4, 0.5) is 0 Å². The fourth-order valence-electron chi connectivity index (χ4n) is 3.29. The first-order valence-electron chi connectivity index (χ1n) is 8.47. The number of fused-ring (bicyclic) bond motifs is 1. The summed E-state index contributed by atoms with van der Waals surface area (Å²) in [5, 5.41) is 0. The zero-order chi connectivity index (χ0) is 17.2. The lowest BCUT2D eigenvalue weighted by molar-refractivity contribution is -0.0144. The van der Waals surface area contributed by atoms with E-state index in [2.05, 4.69) is 20.9 Å². The van der Waals surface area contributed by atoms with Gasteiger partial charge in [-0.15, -0.1) is 0 Å². The molecule has 132 valence electrons. The van der Waals surface area contributed by atoms with Gasteiger partial charge in [0.15, 0.2) is 11.5 Å². The first-order valence-corrected chi connectivity index (χ1v) is 8.47. The standard InChI is InChI=1S/C18H21N3O4/c1-12-19-14(9-18(22)20-12)15-11-23-5-4-21(15)10-13-2-3-16-17(8-13)25-7-6-24-16/h2-3,8-9,15H,4-7,10-11H2,1H3,(H,19,20,22)/t15-/m0/s1. The van der Waals surface area contributed by atoms with Gasteiger partial charge in [-0.3, -0.25) is 9.69 Å². The number of aromatic nitrogens is 2. The van der Waals surface area contributed by atoms with Crippen molar-refractivity contribution in [2.75, 3.05) is 33.0 Å². The molecule has 0 bridgehead atoms. The number of hydrogen-bond donors (Lipinski definition) is 1. The van der Waals surface area contributed by atoms with Crippen LogP contribution >= 0.6 is 0 Å². The van der Waals surface area contributed by atoms with Gasteiger partial charge >= 0.3 is 0 Å². The van der Waals surface area contributed by atoms with Crippen molar-refractivity contribution in [2.45, 2.75) is 19.5 Å². The van der Waals surface area contributed by atoms with Gasteiger partial charge in [0.25, 0.3) is 5.56 Å². The molecule has 25 heavy (non-hydrogen) atoms. The number of aromatic amines is 1. The summed E-state index contributed by atoms with van der Waals surface area (Å²) in [5.74, 6) is 2.20. The van der Waals surface area contributed by atoms with Crippen LogP contribution in [0.1, 0.15) is 23.1 Å². The van der Waals surface area contributed by atoms with Crippen LogP contribution in [0.2, 0.25) is 0 Å². The molecule has 7 heteroatoms. The molecule has 0 unspecified atom stereocenters. The zero-order valence-corrected chi connectivity index (χ0v) is 14.2. The molecule has 1 N–H and O–H groups in total. The molecule has 0 spiro atoms. The Morgan fingerprint density at radius 1 is 1.20 bits per heavy atom. The summed E-state index contributed by atoms with van der Waals surface area (Å²) in [6, 6.07) is 7.55. The first kappa shape index (κ1) is 16.1. The van der Waals surface area contributed by atoms with Crippen molar-refractivity contribution in [1.82, 2.24) is 14.9 Å². The molecule has 4 rings (SSSR count). The van der Waals surface area contributed by atoms with Crippen LogP contribution in [0.3, 0.4) is 0 Å². The molecule has 1 aromatic heterocycles. The molecule has 1 fully saturated rings. The maximum absolute atomic E-state index is 11.8. The second-order valence-corrected chi connectivity index (χ2v) is 6.29. The minimum absolute atomic E-state index is 0.0389. The third kappa shape index (κ3) is 3.52. The highest BCUT2D eigenvalue weighted by atomic mass is 16.6. The summed E-state index contributed by atoms with van der Waals surface area (Å²) in [4.78, 5) is 21.3. The Morgan fingerprint density at radius 2 is 2.04 bits per heavy atom. The van der Waals surface area contributed by atoms with Crippen molar-refractivity contribution in [3.8, 4) is 11.5 Å². The average molecular weight is 343 g/mol. The van der Waals surface area contributed by atoms with Gasteiger partial charge in [0, 0.05) is 19.2 Å². The van der Waals surface area contributed by atoms with Crippen molar-refractivity contribution in [3.63, 3.8) is 0 Å². The molecule has 2 aliphatic heterocycles. The van der Waals surface area contributed by atoms with E-state index in [-0.39, 0.29) is 11.6 Å². The highest BCUT2D eigenvalue weighted by Crippen LogP contribution is 2.32. The molecule has 0 amide bonds. The van der Waals surface area contributed by atoms with E-state index < -0.39 is 0 Å². The molecule has 0 radical (unpaired) electrons. The Kier molecular flexibility index (Phi) is 4.42. The van der Waals surface area contributed by atoms with Gasteiger partial charge in [0.05, 0.1) is 24.9 Å². The van der Waals surface area contributed by atoms with Gasteiger partial charge in [-0.05, 0) is 24.6 Å².